The normalized spacial score (nSPS) is 18.6. The van der Waals surface area contributed by atoms with E-state index in [1.54, 1.807) is 13.3 Å². The minimum absolute atomic E-state index is 0.210. The fourth-order valence-corrected chi connectivity index (χ4v) is 2.40. The first-order chi connectivity index (χ1) is 7.79. The molecule has 1 aromatic heterocycles. The summed E-state index contributed by atoms with van der Waals surface area (Å²) in [7, 11) is 1.61. The van der Waals surface area contributed by atoms with Crippen LogP contribution in [0.2, 0.25) is 0 Å². The molecule has 16 heavy (non-hydrogen) atoms. The molecule has 1 N–H and O–H groups in total. The molecule has 1 aliphatic carbocycles. The first kappa shape index (κ1) is 11.4. The number of hydrogen-bond acceptors (Lipinski definition) is 3. The number of methoxy groups -OCH3 is 1. The van der Waals surface area contributed by atoms with Crippen molar-refractivity contribution in [1.29, 1.82) is 0 Å². The average Bonchev–Trinajstić information content (AvgIpc) is 2.83. The lowest BCUT2D eigenvalue weighted by Crippen LogP contribution is -2.20. The van der Waals surface area contributed by atoms with Gasteiger partial charge in [-0.25, -0.2) is 4.98 Å². The lowest BCUT2D eigenvalue weighted by atomic mass is 9.95. The second kappa shape index (κ2) is 5.30. The van der Waals surface area contributed by atoms with Crippen LogP contribution in [0.1, 0.15) is 31.2 Å². The number of rotatable bonds is 4. The molecule has 1 fully saturated rings. The Balaban J connectivity index is 1.92. The van der Waals surface area contributed by atoms with Crippen molar-refractivity contribution in [2.24, 2.45) is 5.92 Å². The molecule has 1 atom stereocenters. The van der Waals surface area contributed by atoms with Gasteiger partial charge in [0.25, 0.3) is 0 Å². The molecule has 2 rings (SSSR count). The van der Waals surface area contributed by atoms with Gasteiger partial charge in [-0.15, -0.1) is 0 Å². The van der Waals surface area contributed by atoms with E-state index < -0.39 is 0 Å². The maximum atomic E-state index is 10.1. The Labute approximate surface area is 96.5 Å². The van der Waals surface area contributed by atoms with Crippen LogP contribution in [-0.4, -0.2) is 23.3 Å². The molecule has 1 unspecified atom stereocenters. The van der Waals surface area contributed by atoms with Crippen LogP contribution in [0, 0.1) is 5.92 Å². The smallest absolute Gasteiger partial charge is 0.212 e. The van der Waals surface area contributed by atoms with E-state index in [0.717, 1.165) is 5.56 Å². The molecule has 0 saturated heterocycles. The summed E-state index contributed by atoms with van der Waals surface area (Å²) in [4.78, 5) is 4.14. The number of aliphatic hydroxyl groups excluding tert-OH is 1. The van der Waals surface area contributed by atoms with Crippen LogP contribution < -0.4 is 4.74 Å². The first-order valence-corrected chi connectivity index (χ1v) is 5.96. The summed E-state index contributed by atoms with van der Waals surface area (Å²) in [6.45, 7) is 0. The summed E-state index contributed by atoms with van der Waals surface area (Å²) in [5.41, 5.74) is 1.08. The number of nitrogens with zero attached hydrogens (tertiary/aromatic N) is 1. The Morgan fingerprint density at radius 1 is 1.44 bits per heavy atom. The maximum absolute atomic E-state index is 10.1. The predicted octanol–water partition coefficient (Wildman–Crippen LogP) is 2.18. The summed E-state index contributed by atoms with van der Waals surface area (Å²) >= 11 is 0. The molecule has 1 aliphatic rings. The largest absolute Gasteiger partial charge is 0.481 e. The molecule has 1 heterocycles. The molecule has 0 aliphatic heterocycles. The van der Waals surface area contributed by atoms with Gasteiger partial charge >= 0.3 is 0 Å². The number of ether oxygens (including phenoxy) is 1. The van der Waals surface area contributed by atoms with Gasteiger partial charge in [-0.1, -0.05) is 18.9 Å². The van der Waals surface area contributed by atoms with Gasteiger partial charge in [0, 0.05) is 18.7 Å². The van der Waals surface area contributed by atoms with Crippen molar-refractivity contribution in [3.8, 4) is 5.88 Å². The van der Waals surface area contributed by atoms with Crippen LogP contribution in [0.4, 0.5) is 0 Å². The Morgan fingerprint density at radius 3 is 2.75 bits per heavy atom. The minimum Gasteiger partial charge on any atom is -0.481 e. The maximum Gasteiger partial charge on any atom is 0.212 e. The van der Waals surface area contributed by atoms with Gasteiger partial charge in [-0.2, -0.15) is 0 Å². The van der Waals surface area contributed by atoms with E-state index in [1.807, 2.05) is 12.1 Å². The fraction of sp³-hybridized carbons (Fsp3) is 0.615. The zero-order chi connectivity index (χ0) is 11.4. The zero-order valence-corrected chi connectivity index (χ0v) is 9.72. The van der Waals surface area contributed by atoms with Crippen LogP contribution in [0.3, 0.4) is 0 Å². The van der Waals surface area contributed by atoms with Gasteiger partial charge in [0.15, 0.2) is 0 Å². The van der Waals surface area contributed by atoms with Crippen molar-refractivity contribution >= 4 is 0 Å². The summed E-state index contributed by atoms with van der Waals surface area (Å²) in [6.07, 6.45) is 7.16. The summed E-state index contributed by atoms with van der Waals surface area (Å²) in [5, 5.41) is 10.1. The number of aliphatic hydroxyl groups is 1. The second-order valence-corrected chi connectivity index (χ2v) is 4.52. The molecular weight excluding hydrogens is 202 g/mol. The molecule has 0 aromatic carbocycles. The Hall–Kier alpha value is -1.09. The van der Waals surface area contributed by atoms with Crippen LogP contribution in [0.25, 0.3) is 0 Å². The average molecular weight is 221 g/mol. The molecule has 88 valence electrons. The molecule has 0 bridgehead atoms. The Morgan fingerprint density at radius 2 is 2.19 bits per heavy atom. The van der Waals surface area contributed by atoms with Gasteiger partial charge in [-0.3, -0.25) is 0 Å². The molecule has 0 amide bonds. The van der Waals surface area contributed by atoms with E-state index in [0.29, 0.717) is 18.2 Å². The molecule has 3 heteroatoms. The number of aromatic nitrogens is 1. The fourth-order valence-electron chi connectivity index (χ4n) is 2.40. The van der Waals surface area contributed by atoms with Gasteiger partial charge in [-0.05, 0) is 24.3 Å². The third kappa shape index (κ3) is 2.73. The second-order valence-electron chi connectivity index (χ2n) is 4.52. The van der Waals surface area contributed by atoms with E-state index >= 15 is 0 Å². The lowest BCUT2D eigenvalue weighted by molar-refractivity contribution is 0.111. The van der Waals surface area contributed by atoms with Crippen molar-refractivity contribution in [3.63, 3.8) is 0 Å². The highest BCUT2D eigenvalue weighted by Crippen LogP contribution is 2.29. The molecule has 0 spiro atoms. The molecule has 1 aromatic rings. The Bertz CT molecular complexity index is 317. The van der Waals surface area contributed by atoms with Crippen LogP contribution in [0.15, 0.2) is 18.3 Å². The SMILES string of the molecule is COc1ccc(CC(O)C2CCCC2)cn1. The molecular formula is C13H19NO2. The van der Waals surface area contributed by atoms with Gasteiger partial charge in [0.2, 0.25) is 5.88 Å². The standard InChI is InChI=1S/C13H19NO2/c1-16-13-7-6-10(9-14-13)8-12(15)11-4-2-3-5-11/h6-7,9,11-12,15H,2-5,8H2,1H3. The Kier molecular flexibility index (Phi) is 3.78. The van der Waals surface area contributed by atoms with E-state index in [2.05, 4.69) is 4.98 Å². The number of pyridine rings is 1. The zero-order valence-electron chi connectivity index (χ0n) is 9.72. The monoisotopic (exact) mass is 221 g/mol. The minimum atomic E-state index is -0.210. The van der Waals surface area contributed by atoms with E-state index in [4.69, 9.17) is 4.74 Å². The molecule has 3 nitrogen and oxygen atoms in total. The molecule has 1 saturated carbocycles. The van der Waals surface area contributed by atoms with Crippen LogP contribution in [-0.2, 0) is 6.42 Å². The summed E-state index contributed by atoms with van der Waals surface area (Å²) < 4.78 is 5.00. The lowest BCUT2D eigenvalue weighted by Gasteiger charge is -2.17. The third-order valence-corrected chi connectivity index (χ3v) is 3.40. The quantitative estimate of drug-likeness (QED) is 0.847. The molecule has 0 radical (unpaired) electrons. The van der Waals surface area contributed by atoms with Gasteiger partial charge in [0.1, 0.15) is 0 Å². The first-order valence-electron chi connectivity index (χ1n) is 5.96. The van der Waals surface area contributed by atoms with Crippen LogP contribution >= 0.6 is 0 Å². The van der Waals surface area contributed by atoms with Crippen molar-refractivity contribution in [1.82, 2.24) is 4.98 Å². The van der Waals surface area contributed by atoms with E-state index in [9.17, 15) is 5.11 Å². The van der Waals surface area contributed by atoms with Crippen LogP contribution in [0.5, 0.6) is 5.88 Å². The summed E-state index contributed by atoms with van der Waals surface area (Å²) in [6, 6.07) is 3.82. The predicted molar refractivity (Wildman–Crippen MR) is 62.5 cm³/mol. The van der Waals surface area contributed by atoms with Crippen molar-refractivity contribution in [3.05, 3.63) is 23.9 Å². The van der Waals surface area contributed by atoms with Crippen molar-refractivity contribution in [2.75, 3.05) is 7.11 Å². The van der Waals surface area contributed by atoms with E-state index in [1.165, 1.54) is 25.7 Å². The highest BCUT2D eigenvalue weighted by molar-refractivity contribution is 5.18. The van der Waals surface area contributed by atoms with Gasteiger partial charge < -0.3 is 9.84 Å². The van der Waals surface area contributed by atoms with E-state index in [-0.39, 0.29) is 6.10 Å². The summed E-state index contributed by atoms with van der Waals surface area (Å²) in [5.74, 6) is 1.11. The van der Waals surface area contributed by atoms with Crippen molar-refractivity contribution in [2.45, 2.75) is 38.2 Å². The van der Waals surface area contributed by atoms with Gasteiger partial charge in [0.05, 0.1) is 13.2 Å². The highest BCUT2D eigenvalue weighted by atomic mass is 16.5. The topological polar surface area (TPSA) is 42.4 Å². The number of hydrogen-bond donors (Lipinski definition) is 1. The van der Waals surface area contributed by atoms with Crippen molar-refractivity contribution < 1.29 is 9.84 Å². The third-order valence-electron chi connectivity index (χ3n) is 3.40. The highest BCUT2D eigenvalue weighted by Gasteiger charge is 2.23.